The molecule has 0 radical (unpaired) electrons. The molecule has 0 aromatic heterocycles. The van der Waals surface area contributed by atoms with Gasteiger partial charge in [-0.25, -0.2) is 0 Å². The van der Waals surface area contributed by atoms with Gasteiger partial charge in [0, 0.05) is 18.8 Å². The smallest absolute Gasteiger partial charge is 0.238 e. The highest BCUT2D eigenvalue weighted by molar-refractivity contribution is 5.93. The molecule has 1 aromatic rings. The van der Waals surface area contributed by atoms with E-state index in [1.807, 2.05) is 32.0 Å². The maximum absolute atomic E-state index is 12.2. The number of hydrogen-bond acceptors (Lipinski definition) is 4. The monoisotopic (exact) mass is 291 g/mol. The van der Waals surface area contributed by atoms with Crippen molar-refractivity contribution in [2.24, 2.45) is 0 Å². The Morgan fingerprint density at radius 3 is 3.00 bits per heavy atom. The van der Waals surface area contributed by atoms with E-state index in [4.69, 9.17) is 4.74 Å². The number of nitrogens with one attached hydrogen (secondary N) is 2. The molecule has 1 saturated heterocycles. The summed E-state index contributed by atoms with van der Waals surface area (Å²) in [6.07, 6.45) is 1.09. The summed E-state index contributed by atoms with van der Waals surface area (Å²) in [7, 11) is 0. The normalized spacial score (nSPS) is 16.3. The number of nitrogens with zero attached hydrogens (tertiary/aromatic N) is 1. The molecule has 2 N–H and O–H groups in total. The molecule has 2 rings (SSSR count). The summed E-state index contributed by atoms with van der Waals surface area (Å²) in [5.74, 6) is 0.885. The topological polar surface area (TPSA) is 53.6 Å². The van der Waals surface area contributed by atoms with E-state index in [1.54, 1.807) is 0 Å². The van der Waals surface area contributed by atoms with Crippen molar-refractivity contribution in [1.29, 1.82) is 0 Å². The van der Waals surface area contributed by atoms with Crippen molar-refractivity contribution >= 4 is 11.6 Å². The van der Waals surface area contributed by atoms with E-state index in [9.17, 15) is 4.79 Å². The van der Waals surface area contributed by atoms with Crippen LogP contribution < -0.4 is 15.4 Å². The first kappa shape index (κ1) is 15.8. The largest absolute Gasteiger partial charge is 0.494 e. The number of aryl methyl sites for hydroxylation is 1. The molecule has 21 heavy (non-hydrogen) atoms. The molecule has 0 saturated carbocycles. The molecule has 1 aliphatic heterocycles. The van der Waals surface area contributed by atoms with Gasteiger partial charge in [0.25, 0.3) is 0 Å². The van der Waals surface area contributed by atoms with Crippen LogP contribution in [0.1, 0.15) is 18.9 Å². The average molecular weight is 291 g/mol. The predicted molar refractivity (Wildman–Crippen MR) is 84.9 cm³/mol. The van der Waals surface area contributed by atoms with Crippen LogP contribution in [0.25, 0.3) is 0 Å². The van der Waals surface area contributed by atoms with Gasteiger partial charge < -0.3 is 15.4 Å². The van der Waals surface area contributed by atoms with Gasteiger partial charge in [0.15, 0.2) is 0 Å². The van der Waals surface area contributed by atoms with E-state index < -0.39 is 0 Å². The Balaban J connectivity index is 1.89. The van der Waals surface area contributed by atoms with Crippen molar-refractivity contribution < 1.29 is 9.53 Å². The highest BCUT2D eigenvalue weighted by atomic mass is 16.5. The maximum atomic E-state index is 12.2. The van der Waals surface area contributed by atoms with Crippen molar-refractivity contribution in [3.8, 4) is 5.75 Å². The second-order valence-corrected chi connectivity index (χ2v) is 5.34. The van der Waals surface area contributed by atoms with Crippen LogP contribution in [0, 0.1) is 6.92 Å². The Bertz CT molecular complexity index is 469. The Hall–Kier alpha value is -1.59. The number of amides is 1. The molecular weight excluding hydrogens is 266 g/mol. The van der Waals surface area contributed by atoms with E-state index in [-0.39, 0.29) is 5.91 Å². The zero-order chi connectivity index (χ0) is 15.1. The van der Waals surface area contributed by atoms with Crippen molar-refractivity contribution in [2.75, 3.05) is 44.6 Å². The van der Waals surface area contributed by atoms with Crippen molar-refractivity contribution in [1.82, 2.24) is 10.2 Å². The van der Waals surface area contributed by atoms with Crippen LogP contribution in [-0.4, -0.2) is 50.1 Å². The Morgan fingerprint density at radius 2 is 2.24 bits per heavy atom. The Labute approximate surface area is 126 Å². The molecule has 1 aromatic carbocycles. The molecule has 0 spiro atoms. The highest BCUT2D eigenvalue weighted by Gasteiger charge is 2.13. The summed E-state index contributed by atoms with van der Waals surface area (Å²) in [4.78, 5) is 14.3. The fraction of sp³-hybridized carbons (Fsp3) is 0.562. The SMILES string of the molecule is CCOc1ccc(NC(=O)CN2CCCNCC2)c(C)c1. The summed E-state index contributed by atoms with van der Waals surface area (Å²) >= 11 is 0. The lowest BCUT2D eigenvalue weighted by Gasteiger charge is -2.19. The van der Waals surface area contributed by atoms with Gasteiger partial charge in [0.2, 0.25) is 5.91 Å². The van der Waals surface area contributed by atoms with Gasteiger partial charge in [-0.1, -0.05) is 0 Å². The minimum absolute atomic E-state index is 0.0455. The summed E-state index contributed by atoms with van der Waals surface area (Å²) in [5.41, 5.74) is 1.88. The van der Waals surface area contributed by atoms with Gasteiger partial charge in [-0.15, -0.1) is 0 Å². The first-order valence-corrected chi connectivity index (χ1v) is 7.65. The van der Waals surface area contributed by atoms with Crippen LogP contribution in [-0.2, 0) is 4.79 Å². The van der Waals surface area contributed by atoms with Gasteiger partial charge in [0.1, 0.15) is 5.75 Å². The number of anilines is 1. The maximum Gasteiger partial charge on any atom is 0.238 e. The lowest BCUT2D eigenvalue weighted by atomic mass is 10.2. The Kier molecular flexibility index (Phi) is 6.02. The molecule has 1 fully saturated rings. The summed E-state index contributed by atoms with van der Waals surface area (Å²) in [6, 6.07) is 5.75. The third-order valence-corrected chi connectivity index (χ3v) is 3.58. The third kappa shape index (κ3) is 5.02. The zero-order valence-corrected chi connectivity index (χ0v) is 12.9. The van der Waals surface area contributed by atoms with Gasteiger partial charge in [0.05, 0.1) is 13.2 Å². The quantitative estimate of drug-likeness (QED) is 0.866. The molecule has 0 atom stereocenters. The molecule has 5 nitrogen and oxygen atoms in total. The molecule has 116 valence electrons. The first-order valence-electron chi connectivity index (χ1n) is 7.65. The van der Waals surface area contributed by atoms with Gasteiger partial charge in [-0.2, -0.15) is 0 Å². The van der Waals surface area contributed by atoms with E-state index >= 15 is 0 Å². The molecule has 1 aliphatic rings. The molecule has 1 amide bonds. The molecular formula is C16H25N3O2. The van der Waals surface area contributed by atoms with Crippen molar-refractivity contribution in [2.45, 2.75) is 20.3 Å². The number of rotatable bonds is 5. The molecule has 0 unspecified atom stereocenters. The second kappa shape index (κ2) is 8.00. The number of hydrogen-bond donors (Lipinski definition) is 2. The van der Waals surface area contributed by atoms with Crippen LogP contribution in [0.2, 0.25) is 0 Å². The Morgan fingerprint density at radius 1 is 1.38 bits per heavy atom. The number of ether oxygens (including phenoxy) is 1. The van der Waals surface area contributed by atoms with Gasteiger partial charge in [-0.3, -0.25) is 9.69 Å². The fourth-order valence-corrected chi connectivity index (χ4v) is 2.49. The van der Waals surface area contributed by atoms with Crippen LogP contribution in [0.5, 0.6) is 5.75 Å². The molecule has 0 bridgehead atoms. The standard InChI is InChI=1S/C16H25N3O2/c1-3-21-14-5-6-15(13(2)11-14)18-16(20)12-19-9-4-7-17-8-10-19/h5-6,11,17H,3-4,7-10,12H2,1-2H3,(H,18,20). The van der Waals surface area contributed by atoms with Crippen molar-refractivity contribution in [3.05, 3.63) is 23.8 Å². The predicted octanol–water partition coefficient (Wildman–Crippen LogP) is 1.63. The molecule has 0 aliphatic carbocycles. The van der Waals surface area contributed by atoms with Gasteiger partial charge >= 0.3 is 0 Å². The van der Waals surface area contributed by atoms with E-state index in [0.717, 1.165) is 49.6 Å². The van der Waals surface area contributed by atoms with E-state index in [1.165, 1.54) is 0 Å². The van der Waals surface area contributed by atoms with E-state index in [0.29, 0.717) is 13.2 Å². The first-order chi connectivity index (χ1) is 10.2. The van der Waals surface area contributed by atoms with Crippen LogP contribution in [0.3, 0.4) is 0 Å². The van der Waals surface area contributed by atoms with E-state index in [2.05, 4.69) is 15.5 Å². The van der Waals surface area contributed by atoms with Gasteiger partial charge in [-0.05, 0) is 57.1 Å². The molecule has 1 heterocycles. The molecule has 5 heteroatoms. The summed E-state index contributed by atoms with van der Waals surface area (Å²) in [6.45, 7) is 8.93. The second-order valence-electron chi connectivity index (χ2n) is 5.34. The lowest BCUT2D eigenvalue weighted by molar-refractivity contribution is -0.117. The number of carbonyl (C=O) groups is 1. The van der Waals surface area contributed by atoms with Crippen molar-refractivity contribution in [3.63, 3.8) is 0 Å². The number of carbonyl (C=O) groups excluding carboxylic acids is 1. The lowest BCUT2D eigenvalue weighted by Crippen LogP contribution is -2.35. The fourth-order valence-electron chi connectivity index (χ4n) is 2.49. The average Bonchev–Trinajstić information content (AvgIpc) is 2.71. The van der Waals surface area contributed by atoms with Crippen LogP contribution >= 0.6 is 0 Å². The third-order valence-electron chi connectivity index (χ3n) is 3.58. The summed E-state index contributed by atoms with van der Waals surface area (Å²) < 4.78 is 5.45. The zero-order valence-electron chi connectivity index (χ0n) is 12.9. The minimum Gasteiger partial charge on any atom is -0.494 e. The summed E-state index contributed by atoms with van der Waals surface area (Å²) in [5, 5.41) is 6.33. The van der Waals surface area contributed by atoms with Crippen LogP contribution in [0.15, 0.2) is 18.2 Å². The highest BCUT2D eigenvalue weighted by Crippen LogP contribution is 2.21. The minimum atomic E-state index is 0.0455. The number of benzene rings is 1. The van der Waals surface area contributed by atoms with Crippen LogP contribution in [0.4, 0.5) is 5.69 Å².